The smallest absolute Gasteiger partial charge is 0.319 e. The van der Waals surface area contributed by atoms with Crippen LogP contribution in [0.1, 0.15) is 40.5 Å². The second-order valence-electron chi connectivity index (χ2n) is 4.28. The molecule has 0 aromatic rings. The van der Waals surface area contributed by atoms with Crippen LogP contribution >= 0.6 is 0 Å². The molecule has 13 heavy (non-hydrogen) atoms. The SMILES string of the molecule is CC(=O)ON=C1CC[C@@H](C)C1(C)C. The Kier molecular flexibility index (Phi) is 2.74. The van der Waals surface area contributed by atoms with Gasteiger partial charge in [0.25, 0.3) is 0 Å². The molecule has 0 aliphatic heterocycles. The summed E-state index contributed by atoms with van der Waals surface area (Å²) in [5.74, 6) is 0.268. The Morgan fingerprint density at radius 1 is 1.62 bits per heavy atom. The zero-order chi connectivity index (χ0) is 10.1. The highest BCUT2D eigenvalue weighted by molar-refractivity contribution is 5.91. The van der Waals surface area contributed by atoms with Crippen molar-refractivity contribution < 1.29 is 9.63 Å². The summed E-state index contributed by atoms with van der Waals surface area (Å²) in [5, 5.41) is 3.89. The van der Waals surface area contributed by atoms with Gasteiger partial charge < -0.3 is 4.84 Å². The van der Waals surface area contributed by atoms with Gasteiger partial charge in [-0.05, 0) is 18.8 Å². The summed E-state index contributed by atoms with van der Waals surface area (Å²) in [5.41, 5.74) is 1.09. The second kappa shape index (κ2) is 3.48. The van der Waals surface area contributed by atoms with Crippen molar-refractivity contribution in [1.82, 2.24) is 0 Å². The topological polar surface area (TPSA) is 38.7 Å². The molecule has 3 heteroatoms. The van der Waals surface area contributed by atoms with Crippen LogP contribution in [0.2, 0.25) is 0 Å². The lowest BCUT2D eigenvalue weighted by Crippen LogP contribution is -2.23. The fraction of sp³-hybridized carbons (Fsp3) is 0.800. The fourth-order valence-corrected chi connectivity index (χ4v) is 1.60. The molecule has 1 atom stereocenters. The maximum Gasteiger partial charge on any atom is 0.331 e. The molecule has 0 N–H and O–H groups in total. The molecule has 0 unspecified atom stereocenters. The van der Waals surface area contributed by atoms with E-state index in [4.69, 9.17) is 0 Å². The summed E-state index contributed by atoms with van der Waals surface area (Å²) in [4.78, 5) is 15.2. The third-order valence-electron chi connectivity index (χ3n) is 3.07. The van der Waals surface area contributed by atoms with Crippen LogP contribution in [0.4, 0.5) is 0 Å². The lowest BCUT2D eigenvalue weighted by Gasteiger charge is -2.23. The fourth-order valence-electron chi connectivity index (χ4n) is 1.60. The average molecular weight is 183 g/mol. The monoisotopic (exact) mass is 183 g/mol. The molecular weight excluding hydrogens is 166 g/mol. The van der Waals surface area contributed by atoms with Crippen LogP contribution in [0.25, 0.3) is 0 Å². The molecule has 0 heterocycles. The summed E-state index contributed by atoms with van der Waals surface area (Å²) in [6.07, 6.45) is 2.08. The molecule has 0 radical (unpaired) electrons. The number of oxime groups is 1. The van der Waals surface area contributed by atoms with E-state index in [-0.39, 0.29) is 11.4 Å². The number of rotatable bonds is 1. The van der Waals surface area contributed by atoms with Gasteiger partial charge in [-0.15, -0.1) is 0 Å². The summed E-state index contributed by atoms with van der Waals surface area (Å²) >= 11 is 0. The van der Waals surface area contributed by atoms with E-state index in [1.807, 2.05) is 0 Å². The summed E-state index contributed by atoms with van der Waals surface area (Å²) in [6, 6.07) is 0. The minimum Gasteiger partial charge on any atom is -0.319 e. The van der Waals surface area contributed by atoms with Gasteiger partial charge in [0.15, 0.2) is 0 Å². The molecule has 0 saturated heterocycles. The Bertz CT molecular complexity index is 243. The summed E-state index contributed by atoms with van der Waals surface area (Å²) in [7, 11) is 0. The average Bonchev–Trinajstić information content (AvgIpc) is 2.25. The van der Waals surface area contributed by atoms with E-state index < -0.39 is 0 Å². The van der Waals surface area contributed by atoms with Crippen molar-refractivity contribution in [2.75, 3.05) is 0 Å². The molecule has 1 saturated carbocycles. The van der Waals surface area contributed by atoms with E-state index >= 15 is 0 Å². The highest BCUT2D eigenvalue weighted by atomic mass is 16.7. The Hall–Kier alpha value is -0.860. The van der Waals surface area contributed by atoms with Crippen molar-refractivity contribution >= 4 is 11.7 Å². The van der Waals surface area contributed by atoms with Crippen LogP contribution in [0, 0.1) is 11.3 Å². The molecular formula is C10H17NO2. The van der Waals surface area contributed by atoms with Crippen LogP contribution in [-0.4, -0.2) is 11.7 Å². The first-order valence-electron chi connectivity index (χ1n) is 4.69. The molecule has 0 bridgehead atoms. The number of hydrogen-bond acceptors (Lipinski definition) is 3. The Morgan fingerprint density at radius 2 is 2.23 bits per heavy atom. The van der Waals surface area contributed by atoms with Crippen LogP contribution < -0.4 is 0 Å². The first-order chi connectivity index (χ1) is 5.94. The lowest BCUT2D eigenvalue weighted by atomic mass is 9.82. The molecule has 1 rings (SSSR count). The lowest BCUT2D eigenvalue weighted by molar-refractivity contribution is -0.141. The van der Waals surface area contributed by atoms with Gasteiger partial charge in [0.1, 0.15) is 0 Å². The highest BCUT2D eigenvalue weighted by Crippen LogP contribution is 2.40. The van der Waals surface area contributed by atoms with Gasteiger partial charge in [0.2, 0.25) is 0 Å². The van der Waals surface area contributed by atoms with Gasteiger partial charge in [0.05, 0.1) is 5.71 Å². The number of carbonyl (C=O) groups is 1. The van der Waals surface area contributed by atoms with Crippen molar-refractivity contribution in [1.29, 1.82) is 0 Å². The maximum atomic E-state index is 10.6. The van der Waals surface area contributed by atoms with E-state index in [1.165, 1.54) is 6.92 Å². The Morgan fingerprint density at radius 3 is 2.62 bits per heavy atom. The van der Waals surface area contributed by atoms with Gasteiger partial charge in [-0.25, -0.2) is 4.79 Å². The quantitative estimate of drug-likeness (QED) is 0.462. The van der Waals surface area contributed by atoms with Gasteiger partial charge in [0, 0.05) is 12.3 Å². The predicted octanol–water partition coefficient (Wildman–Crippen LogP) is 2.36. The molecule has 1 fully saturated rings. The molecule has 3 nitrogen and oxygen atoms in total. The van der Waals surface area contributed by atoms with E-state index in [2.05, 4.69) is 30.8 Å². The maximum absolute atomic E-state index is 10.6. The molecule has 0 aromatic carbocycles. The molecule has 0 aromatic heterocycles. The largest absolute Gasteiger partial charge is 0.331 e. The molecule has 0 spiro atoms. The highest BCUT2D eigenvalue weighted by Gasteiger charge is 2.37. The van der Waals surface area contributed by atoms with Crippen molar-refractivity contribution in [3.63, 3.8) is 0 Å². The first-order valence-corrected chi connectivity index (χ1v) is 4.69. The molecule has 1 aliphatic carbocycles. The molecule has 1 aliphatic rings. The van der Waals surface area contributed by atoms with Gasteiger partial charge >= 0.3 is 5.97 Å². The molecule has 74 valence electrons. The summed E-state index contributed by atoms with van der Waals surface area (Å²) < 4.78 is 0. The number of nitrogens with zero attached hydrogens (tertiary/aromatic N) is 1. The normalized spacial score (nSPS) is 29.2. The van der Waals surface area contributed by atoms with Crippen LogP contribution in [-0.2, 0) is 9.63 Å². The third kappa shape index (κ3) is 2.08. The van der Waals surface area contributed by atoms with Crippen molar-refractivity contribution in [3.8, 4) is 0 Å². The zero-order valence-electron chi connectivity index (χ0n) is 8.76. The predicted molar refractivity (Wildman–Crippen MR) is 51.4 cm³/mol. The van der Waals surface area contributed by atoms with Crippen LogP contribution in [0.5, 0.6) is 0 Å². The third-order valence-corrected chi connectivity index (χ3v) is 3.07. The van der Waals surface area contributed by atoms with Crippen molar-refractivity contribution in [2.24, 2.45) is 16.5 Å². The van der Waals surface area contributed by atoms with E-state index in [9.17, 15) is 4.79 Å². The Balaban J connectivity index is 2.71. The standard InChI is InChI=1S/C10H17NO2/c1-7-5-6-9(10(7,3)4)11-13-8(2)12/h7H,5-6H2,1-4H3/t7-/m1/s1. The Labute approximate surface area is 79.1 Å². The first kappa shape index (κ1) is 10.2. The molecule has 0 amide bonds. The van der Waals surface area contributed by atoms with E-state index in [0.717, 1.165) is 18.6 Å². The minimum atomic E-state index is -0.345. The van der Waals surface area contributed by atoms with Crippen molar-refractivity contribution in [2.45, 2.75) is 40.5 Å². The van der Waals surface area contributed by atoms with Crippen LogP contribution in [0.3, 0.4) is 0 Å². The summed E-state index contributed by atoms with van der Waals surface area (Å²) in [6.45, 7) is 7.87. The van der Waals surface area contributed by atoms with Gasteiger partial charge in [-0.3, -0.25) is 0 Å². The van der Waals surface area contributed by atoms with E-state index in [1.54, 1.807) is 0 Å². The van der Waals surface area contributed by atoms with Crippen LogP contribution in [0.15, 0.2) is 5.16 Å². The van der Waals surface area contributed by atoms with E-state index in [0.29, 0.717) is 5.92 Å². The number of hydrogen-bond donors (Lipinski definition) is 0. The number of carbonyl (C=O) groups excluding carboxylic acids is 1. The minimum absolute atomic E-state index is 0.0788. The van der Waals surface area contributed by atoms with Gasteiger partial charge in [-0.2, -0.15) is 0 Å². The van der Waals surface area contributed by atoms with Gasteiger partial charge in [-0.1, -0.05) is 25.9 Å². The van der Waals surface area contributed by atoms with Crippen molar-refractivity contribution in [3.05, 3.63) is 0 Å². The second-order valence-corrected chi connectivity index (χ2v) is 4.28. The zero-order valence-corrected chi connectivity index (χ0v) is 8.76.